The van der Waals surface area contributed by atoms with Gasteiger partial charge in [0.05, 0.1) is 5.56 Å². The first-order valence-electron chi connectivity index (χ1n) is 7.82. The van der Waals surface area contributed by atoms with E-state index in [0.29, 0.717) is 17.9 Å². The summed E-state index contributed by atoms with van der Waals surface area (Å²) in [7, 11) is 0. The summed E-state index contributed by atoms with van der Waals surface area (Å²) in [5.41, 5.74) is 1.59. The molecule has 0 aliphatic carbocycles. The Labute approximate surface area is 132 Å². The average Bonchev–Trinajstić information content (AvgIpc) is 2.94. The number of hydrogen-bond donors (Lipinski definition) is 1. The number of benzene rings is 1. The molecule has 1 amide bonds. The fourth-order valence-electron chi connectivity index (χ4n) is 2.41. The van der Waals surface area contributed by atoms with Crippen molar-refractivity contribution in [2.24, 2.45) is 0 Å². The summed E-state index contributed by atoms with van der Waals surface area (Å²) < 4.78 is 5.72. The van der Waals surface area contributed by atoms with Gasteiger partial charge < -0.3 is 14.6 Å². The quantitative estimate of drug-likeness (QED) is 0.853. The van der Waals surface area contributed by atoms with Crippen molar-refractivity contribution in [1.82, 2.24) is 10.2 Å². The summed E-state index contributed by atoms with van der Waals surface area (Å²) in [6, 6.07) is 11.6. The second-order valence-corrected chi connectivity index (χ2v) is 5.23. The van der Waals surface area contributed by atoms with Crippen molar-refractivity contribution in [3.8, 4) is 11.3 Å². The van der Waals surface area contributed by atoms with E-state index in [1.807, 2.05) is 43.3 Å². The van der Waals surface area contributed by atoms with Crippen LogP contribution in [0.15, 0.2) is 40.8 Å². The van der Waals surface area contributed by atoms with Crippen LogP contribution < -0.4 is 5.32 Å². The number of carbonyl (C=O) groups is 1. The van der Waals surface area contributed by atoms with Crippen molar-refractivity contribution < 1.29 is 9.21 Å². The van der Waals surface area contributed by atoms with E-state index < -0.39 is 0 Å². The van der Waals surface area contributed by atoms with Gasteiger partial charge in [-0.15, -0.1) is 0 Å². The van der Waals surface area contributed by atoms with Crippen molar-refractivity contribution in [3.05, 3.63) is 47.7 Å². The lowest BCUT2D eigenvalue weighted by Gasteiger charge is -2.17. The molecule has 0 aliphatic heterocycles. The summed E-state index contributed by atoms with van der Waals surface area (Å²) in [4.78, 5) is 14.6. The molecule has 0 unspecified atom stereocenters. The van der Waals surface area contributed by atoms with Gasteiger partial charge in [-0.05, 0) is 26.1 Å². The smallest absolute Gasteiger partial charge is 0.254 e. The number of furan rings is 1. The van der Waals surface area contributed by atoms with Crippen LogP contribution in [-0.4, -0.2) is 37.0 Å². The highest BCUT2D eigenvalue weighted by Crippen LogP contribution is 2.25. The Morgan fingerprint density at radius 2 is 1.86 bits per heavy atom. The van der Waals surface area contributed by atoms with Gasteiger partial charge in [0.15, 0.2) is 0 Å². The zero-order valence-electron chi connectivity index (χ0n) is 13.6. The molecule has 0 spiro atoms. The highest BCUT2D eigenvalue weighted by atomic mass is 16.3. The molecular weight excluding hydrogens is 276 g/mol. The van der Waals surface area contributed by atoms with Gasteiger partial charge in [-0.25, -0.2) is 0 Å². The molecule has 0 atom stereocenters. The van der Waals surface area contributed by atoms with Gasteiger partial charge in [-0.3, -0.25) is 4.79 Å². The minimum absolute atomic E-state index is 0.0735. The van der Waals surface area contributed by atoms with Crippen LogP contribution in [0.4, 0.5) is 0 Å². The third kappa shape index (κ3) is 3.98. The Balaban J connectivity index is 2.00. The highest BCUT2D eigenvalue weighted by molar-refractivity contribution is 5.96. The summed E-state index contributed by atoms with van der Waals surface area (Å²) >= 11 is 0. The lowest BCUT2D eigenvalue weighted by atomic mass is 10.1. The van der Waals surface area contributed by atoms with Crippen molar-refractivity contribution >= 4 is 5.91 Å². The SMILES string of the molecule is CCN(CC)CCNC(=O)c1cc(-c2ccccc2)oc1C. The van der Waals surface area contributed by atoms with Crippen molar-refractivity contribution in [2.45, 2.75) is 20.8 Å². The van der Waals surface area contributed by atoms with E-state index in [2.05, 4.69) is 24.1 Å². The number of likely N-dealkylation sites (N-methyl/N-ethyl adjacent to an activating group) is 1. The van der Waals surface area contributed by atoms with E-state index in [1.165, 1.54) is 0 Å². The Morgan fingerprint density at radius 3 is 2.50 bits per heavy atom. The van der Waals surface area contributed by atoms with Gasteiger partial charge in [0.25, 0.3) is 5.91 Å². The molecule has 1 aromatic carbocycles. The number of aryl methyl sites for hydroxylation is 1. The van der Waals surface area contributed by atoms with Gasteiger partial charge in [0, 0.05) is 18.7 Å². The zero-order valence-corrected chi connectivity index (χ0v) is 13.6. The molecule has 118 valence electrons. The third-order valence-electron chi connectivity index (χ3n) is 3.83. The number of rotatable bonds is 7. The van der Waals surface area contributed by atoms with Gasteiger partial charge >= 0.3 is 0 Å². The van der Waals surface area contributed by atoms with Crippen LogP contribution in [0.5, 0.6) is 0 Å². The predicted molar refractivity (Wildman–Crippen MR) is 89.0 cm³/mol. The van der Waals surface area contributed by atoms with Gasteiger partial charge in [-0.2, -0.15) is 0 Å². The Bertz CT molecular complexity index is 601. The summed E-state index contributed by atoms with van der Waals surface area (Å²) in [5.74, 6) is 1.31. The molecular formula is C18H24N2O2. The van der Waals surface area contributed by atoms with E-state index in [-0.39, 0.29) is 5.91 Å². The maximum Gasteiger partial charge on any atom is 0.254 e. The van der Waals surface area contributed by atoms with Crippen molar-refractivity contribution in [3.63, 3.8) is 0 Å². The minimum Gasteiger partial charge on any atom is -0.461 e. The largest absolute Gasteiger partial charge is 0.461 e. The molecule has 22 heavy (non-hydrogen) atoms. The monoisotopic (exact) mass is 300 g/mol. The normalized spacial score (nSPS) is 10.9. The molecule has 2 rings (SSSR count). The summed E-state index contributed by atoms with van der Waals surface area (Å²) in [5, 5.41) is 2.96. The predicted octanol–water partition coefficient (Wildman–Crippen LogP) is 3.33. The Morgan fingerprint density at radius 1 is 1.18 bits per heavy atom. The van der Waals surface area contributed by atoms with E-state index in [1.54, 1.807) is 0 Å². The lowest BCUT2D eigenvalue weighted by molar-refractivity contribution is 0.0947. The van der Waals surface area contributed by atoms with Crippen molar-refractivity contribution in [1.29, 1.82) is 0 Å². The number of amides is 1. The second-order valence-electron chi connectivity index (χ2n) is 5.23. The molecule has 0 radical (unpaired) electrons. The molecule has 0 aliphatic rings. The molecule has 1 aromatic heterocycles. The second kappa shape index (κ2) is 7.80. The Kier molecular flexibility index (Phi) is 5.78. The Hall–Kier alpha value is -2.07. The molecule has 0 saturated heterocycles. The van der Waals surface area contributed by atoms with Crippen LogP contribution in [0, 0.1) is 6.92 Å². The number of nitrogens with zero attached hydrogens (tertiary/aromatic N) is 1. The van der Waals surface area contributed by atoms with Crippen LogP contribution >= 0.6 is 0 Å². The lowest BCUT2D eigenvalue weighted by Crippen LogP contribution is -2.34. The van der Waals surface area contributed by atoms with Crippen LogP contribution in [-0.2, 0) is 0 Å². The van der Waals surface area contributed by atoms with Gasteiger partial charge in [0.2, 0.25) is 0 Å². The maximum atomic E-state index is 12.3. The van der Waals surface area contributed by atoms with E-state index in [9.17, 15) is 4.79 Å². The first-order valence-corrected chi connectivity index (χ1v) is 7.82. The maximum absolute atomic E-state index is 12.3. The number of nitrogens with one attached hydrogen (secondary N) is 1. The molecule has 0 fully saturated rings. The van der Waals surface area contributed by atoms with Crippen LogP contribution in [0.2, 0.25) is 0 Å². The van der Waals surface area contributed by atoms with Gasteiger partial charge in [0.1, 0.15) is 11.5 Å². The van der Waals surface area contributed by atoms with Crippen LogP contribution in [0.1, 0.15) is 30.0 Å². The van der Waals surface area contributed by atoms with Gasteiger partial charge in [-0.1, -0.05) is 44.2 Å². The molecule has 0 bridgehead atoms. The first kappa shape index (κ1) is 16.3. The first-order chi connectivity index (χ1) is 10.7. The molecule has 2 aromatic rings. The highest BCUT2D eigenvalue weighted by Gasteiger charge is 2.15. The molecule has 4 nitrogen and oxygen atoms in total. The minimum atomic E-state index is -0.0735. The fraction of sp³-hybridized carbons (Fsp3) is 0.389. The molecule has 0 saturated carbocycles. The van der Waals surface area contributed by atoms with Crippen molar-refractivity contribution in [2.75, 3.05) is 26.2 Å². The average molecular weight is 300 g/mol. The third-order valence-corrected chi connectivity index (χ3v) is 3.83. The van der Waals surface area contributed by atoms with Crippen LogP contribution in [0.3, 0.4) is 0 Å². The summed E-state index contributed by atoms with van der Waals surface area (Å²) in [6.07, 6.45) is 0. The number of hydrogen-bond acceptors (Lipinski definition) is 3. The topological polar surface area (TPSA) is 45.5 Å². The molecule has 1 N–H and O–H groups in total. The van der Waals surface area contributed by atoms with E-state index in [0.717, 1.165) is 31.0 Å². The van der Waals surface area contributed by atoms with E-state index in [4.69, 9.17) is 4.42 Å². The fourth-order valence-corrected chi connectivity index (χ4v) is 2.41. The van der Waals surface area contributed by atoms with Crippen LogP contribution in [0.25, 0.3) is 11.3 Å². The number of carbonyl (C=O) groups excluding carboxylic acids is 1. The zero-order chi connectivity index (χ0) is 15.9. The summed E-state index contributed by atoms with van der Waals surface area (Å²) in [6.45, 7) is 9.57. The molecule has 1 heterocycles. The van der Waals surface area contributed by atoms with E-state index >= 15 is 0 Å². The molecule has 4 heteroatoms. The standard InChI is InChI=1S/C18H24N2O2/c1-4-20(5-2)12-11-19-18(21)16-13-17(22-14(16)3)15-9-7-6-8-10-15/h6-10,13H,4-5,11-12H2,1-3H3,(H,19,21).